The molecule has 3 nitrogen and oxygen atoms in total. The summed E-state index contributed by atoms with van der Waals surface area (Å²) in [5.41, 5.74) is -0.185. The number of Topliss-reactive ketones (excluding diaryl/α,β-unsaturated/α-hetero) is 2. The van der Waals surface area contributed by atoms with E-state index < -0.39 is 23.2 Å². The average Bonchev–Trinajstić information content (AvgIpc) is 3.01. The second-order valence-corrected chi connectivity index (χ2v) is 8.23. The third-order valence-electron chi connectivity index (χ3n) is 6.41. The van der Waals surface area contributed by atoms with Crippen LogP contribution in [0.4, 0.5) is 18.9 Å². The molecule has 1 N–H and O–H groups in total. The lowest BCUT2D eigenvalue weighted by atomic mass is 9.71. The first-order valence-electron chi connectivity index (χ1n) is 10.4. The van der Waals surface area contributed by atoms with Crippen LogP contribution in [0, 0.1) is 5.41 Å². The van der Waals surface area contributed by atoms with Crippen LogP contribution < -0.4 is 5.32 Å². The van der Waals surface area contributed by atoms with Crippen molar-refractivity contribution in [1.29, 1.82) is 0 Å². The van der Waals surface area contributed by atoms with Crippen LogP contribution in [0.25, 0.3) is 0 Å². The molecular formula is C24H24F3NO2. The van der Waals surface area contributed by atoms with Crippen molar-refractivity contribution in [3.05, 3.63) is 65.2 Å². The first-order chi connectivity index (χ1) is 14.3. The van der Waals surface area contributed by atoms with Crippen LogP contribution >= 0.6 is 0 Å². The molecule has 0 radical (unpaired) electrons. The number of carbonyl (C=O) groups is 2. The number of rotatable bonds is 2. The van der Waals surface area contributed by atoms with E-state index in [0.29, 0.717) is 24.1 Å². The largest absolute Gasteiger partial charge is 0.416 e. The summed E-state index contributed by atoms with van der Waals surface area (Å²) in [6, 6.07) is 11.4. The third-order valence-corrected chi connectivity index (χ3v) is 6.41. The number of hydrogen-bond acceptors (Lipinski definition) is 3. The molecule has 1 saturated carbocycles. The van der Waals surface area contributed by atoms with Crippen molar-refractivity contribution in [2.75, 3.05) is 5.32 Å². The normalized spacial score (nSPS) is 24.8. The van der Waals surface area contributed by atoms with Crippen molar-refractivity contribution >= 4 is 17.3 Å². The summed E-state index contributed by atoms with van der Waals surface area (Å²) in [4.78, 5) is 26.9. The number of fused-ring (bicyclic) bond motifs is 1. The molecule has 0 amide bonds. The van der Waals surface area contributed by atoms with Crippen LogP contribution in [-0.4, -0.2) is 11.6 Å². The van der Waals surface area contributed by atoms with Gasteiger partial charge < -0.3 is 5.32 Å². The van der Waals surface area contributed by atoms with Gasteiger partial charge in [0.05, 0.1) is 11.6 Å². The fourth-order valence-corrected chi connectivity index (χ4v) is 4.84. The van der Waals surface area contributed by atoms with E-state index in [2.05, 4.69) is 5.32 Å². The maximum atomic E-state index is 13.5. The van der Waals surface area contributed by atoms with Gasteiger partial charge in [-0.15, -0.1) is 0 Å². The summed E-state index contributed by atoms with van der Waals surface area (Å²) in [7, 11) is 0. The third kappa shape index (κ3) is 3.53. The molecule has 2 atom stereocenters. The molecule has 30 heavy (non-hydrogen) atoms. The molecule has 2 aromatic rings. The first-order valence-corrected chi connectivity index (χ1v) is 10.4. The number of carbonyl (C=O) groups excluding carboxylic acids is 2. The van der Waals surface area contributed by atoms with Gasteiger partial charge in [0.1, 0.15) is 11.2 Å². The summed E-state index contributed by atoms with van der Waals surface area (Å²) in [5, 5.41) is 3.26. The van der Waals surface area contributed by atoms with Gasteiger partial charge in [0.25, 0.3) is 0 Å². The predicted molar refractivity (Wildman–Crippen MR) is 108 cm³/mol. The summed E-state index contributed by atoms with van der Waals surface area (Å²) in [6.45, 7) is 0. The summed E-state index contributed by atoms with van der Waals surface area (Å²) < 4.78 is 38.8. The zero-order valence-corrected chi connectivity index (χ0v) is 16.6. The Morgan fingerprint density at radius 3 is 2.27 bits per heavy atom. The Hall–Kier alpha value is -2.63. The molecule has 1 spiro atoms. The van der Waals surface area contributed by atoms with Crippen LogP contribution in [-0.2, 0) is 11.0 Å². The molecule has 0 heterocycles. The number of ketones is 2. The smallest absolute Gasteiger partial charge is 0.377 e. The standard InChI is InChI=1S/C24H24F3NO2/c25-24(26,27)16-11-13-17(14-12-16)28-21-18-8-5-6-9-19(18)22(30)23(21)15-7-3-1-2-4-10-20(23)29/h5-6,8-9,11-14,21,28H,1-4,7,10,15H2/t21-,23-/m1/s1. The fourth-order valence-electron chi connectivity index (χ4n) is 4.84. The van der Waals surface area contributed by atoms with E-state index in [-0.39, 0.29) is 11.6 Å². The Morgan fingerprint density at radius 1 is 0.867 bits per heavy atom. The van der Waals surface area contributed by atoms with Crippen LogP contribution in [0.3, 0.4) is 0 Å². The number of anilines is 1. The molecule has 2 aliphatic carbocycles. The second kappa shape index (κ2) is 7.89. The van der Waals surface area contributed by atoms with Gasteiger partial charge in [-0.2, -0.15) is 13.2 Å². The number of nitrogens with one attached hydrogen (secondary N) is 1. The van der Waals surface area contributed by atoms with Gasteiger partial charge in [-0.05, 0) is 42.7 Å². The fraction of sp³-hybridized carbons (Fsp3) is 0.417. The van der Waals surface area contributed by atoms with Crippen LogP contribution in [0.2, 0.25) is 0 Å². The Bertz CT molecular complexity index is 952. The minimum absolute atomic E-state index is 0.0602. The Labute approximate surface area is 173 Å². The molecule has 4 rings (SSSR count). The maximum absolute atomic E-state index is 13.5. The van der Waals surface area contributed by atoms with Gasteiger partial charge in [0.15, 0.2) is 5.78 Å². The maximum Gasteiger partial charge on any atom is 0.416 e. The van der Waals surface area contributed by atoms with Crippen molar-refractivity contribution in [3.8, 4) is 0 Å². The lowest BCUT2D eigenvalue weighted by Gasteiger charge is -2.34. The monoisotopic (exact) mass is 415 g/mol. The SMILES string of the molecule is O=C1CCCCCCC[C@@]12C(=O)c1ccccc1[C@H]2Nc1ccc(C(F)(F)F)cc1. The molecule has 1 fully saturated rings. The summed E-state index contributed by atoms with van der Waals surface area (Å²) >= 11 is 0. The van der Waals surface area contributed by atoms with Gasteiger partial charge in [0.2, 0.25) is 0 Å². The molecular weight excluding hydrogens is 391 g/mol. The van der Waals surface area contributed by atoms with Crippen molar-refractivity contribution in [1.82, 2.24) is 0 Å². The molecule has 0 unspecified atom stereocenters. The van der Waals surface area contributed by atoms with Gasteiger partial charge in [0, 0.05) is 17.7 Å². The molecule has 158 valence electrons. The minimum atomic E-state index is -4.41. The molecule has 0 bridgehead atoms. The van der Waals surface area contributed by atoms with Gasteiger partial charge in [-0.1, -0.05) is 49.9 Å². The molecule has 0 saturated heterocycles. The molecule has 2 aromatic carbocycles. The predicted octanol–water partition coefficient (Wildman–Crippen LogP) is 6.35. The Morgan fingerprint density at radius 2 is 1.53 bits per heavy atom. The second-order valence-electron chi connectivity index (χ2n) is 8.23. The minimum Gasteiger partial charge on any atom is -0.377 e. The first kappa shape index (κ1) is 20.6. The number of hydrogen-bond donors (Lipinski definition) is 1. The van der Waals surface area contributed by atoms with Crippen molar-refractivity contribution in [3.63, 3.8) is 0 Å². The van der Waals surface area contributed by atoms with Crippen LogP contribution in [0.15, 0.2) is 48.5 Å². The van der Waals surface area contributed by atoms with E-state index in [9.17, 15) is 22.8 Å². The number of benzene rings is 2. The van der Waals surface area contributed by atoms with E-state index >= 15 is 0 Å². The Kier molecular flexibility index (Phi) is 5.43. The average molecular weight is 415 g/mol. The molecule has 0 aromatic heterocycles. The highest BCUT2D eigenvalue weighted by Gasteiger charge is 2.57. The molecule has 2 aliphatic rings. The van der Waals surface area contributed by atoms with Crippen molar-refractivity contribution in [2.45, 2.75) is 57.2 Å². The topological polar surface area (TPSA) is 46.2 Å². The number of alkyl halides is 3. The van der Waals surface area contributed by atoms with Crippen molar-refractivity contribution < 1.29 is 22.8 Å². The van der Waals surface area contributed by atoms with E-state index in [1.54, 1.807) is 12.1 Å². The van der Waals surface area contributed by atoms with Crippen molar-refractivity contribution in [2.24, 2.45) is 5.41 Å². The lowest BCUT2D eigenvalue weighted by Crippen LogP contribution is -2.42. The highest BCUT2D eigenvalue weighted by atomic mass is 19.4. The van der Waals surface area contributed by atoms with E-state index in [0.717, 1.165) is 49.8 Å². The zero-order chi connectivity index (χ0) is 21.4. The molecule has 0 aliphatic heterocycles. The molecule has 6 heteroatoms. The van der Waals surface area contributed by atoms with Crippen LogP contribution in [0.1, 0.15) is 72.5 Å². The van der Waals surface area contributed by atoms with Gasteiger partial charge >= 0.3 is 6.18 Å². The zero-order valence-electron chi connectivity index (χ0n) is 16.6. The highest BCUT2D eigenvalue weighted by Crippen LogP contribution is 2.52. The van der Waals surface area contributed by atoms with E-state index in [1.165, 1.54) is 12.1 Å². The quantitative estimate of drug-likeness (QED) is 0.581. The summed E-state index contributed by atoms with van der Waals surface area (Å²) in [6.07, 6.45) is 0.910. The highest BCUT2D eigenvalue weighted by molar-refractivity contribution is 6.19. The van der Waals surface area contributed by atoms with Gasteiger partial charge in [-0.25, -0.2) is 0 Å². The Balaban J connectivity index is 1.75. The van der Waals surface area contributed by atoms with E-state index in [1.807, 2.05) is 12.1 Å². The van der Waals surface area contributed by atoms with Crippen LogP contribution in [0.5, 0.6) is 0 Å². The number of halogens is 3. The summed E-state index contributed by atoms with van der Waals surface area (Å²) in [5.74, 6) is -0.218. The lowest BCUT2D eigenvalue weighted by molar-refractivity contribution is -0.137. The van der Waals surface area contributed by atoms with E-state index in [4.69, 9.17) is 0 Å². The van der Waals surface area contributed by atoms with Gasteiger partial charge in [-0.3, -0.25) is 9.59 Å².